The zero-order valence-electron chi connectivity index (χ0n) is 15.9. The number of nitrogens with zero attached hydrogens (tertiary/aromatic N) is 1. The smallest absolute Gasteiger partial charge is 0.214 e. The second-order valence-corrected chi connectivity index (χ2v) is 9.80. The number of aliphatic hydroxyl groups is 1. The maximum absolute atomic E-state index is 13.8. The summed E-state index contributed by atoms with van der Waals surface area (Å²) in [6.45, 7) is 0. The zero-order valence-corrected chi connectivity index (χ0v) is 19.0. The highest BCUT2D eigenvalue weighted by atomic mass is 79.9. The fourth-order valence-electron chi connectivity index (χ4n) is 4.81. The van der Waals surface area contributed by atoms with E-state index in [0.29, 0.717) is 16.3 Å². The van der Waals surface area contributed by atoms with E-state index in [9.17, 15) is 9.90 Å². The predicted molar refractivity (Wildman–Crippen MR) is 121 cm³/mol. The van der Waals surface area contributed by atoms with Gasteiger partial charge in [0.05, 0.1) is 16.2 Å². The minimum atomic E-state index is -1.94. The SMILES string of the molecule is CSC1C(=O)C2(O)c3ncc(Cl)cc3OC2(c2ccc(Br)cc2)C1c1ccccc1. The van der Waals surface area contributed by atoms with Crippen molar-refractivity contribution in [3.63, 3.8) is 0 Å². The van der Waals surface area contributed by atoms with E-state index in [1.54, 1.807) is 6.07 Å². The van der Waals surface area contributed by atoms with E-state index in [2.05, 4.69) is 20.9 Å². The van der Waals surface area contributed by atoms with E-state index in [4.69, 9.17) is 16.3 Å². The Hall–Kier alpha value is -1.86. The van der Waals surface area contributed by atoms with Gasteiger partial charge in [-0.1, -0.05) is 70.0 Å². The zero-order chi connectivity index (χ0) is 21.1. The van der Waals surface area contributed by atoms with E-state index in [1.807, 2.05) is 60.9 Å². The van der Waals surface area contributed by atoms with Crippen LogP contribution in [0.4, 0.5) is 0 Å². The number of thioether (sulfide) groups is 1. The normalized spacial score (nSPS) is 29.4. The van der Waals surface area contributed by atoms with Gasteiger partial charge in [-0.2, -0.15) is 11.8 Å². The average Bonchev–Trinajstić information content (AvgIpc) is 3.12. The molecule has 0 saturated heterocycles. The Bertz CT molecular complexity index is 1140. The Morgan fingerprint density at radius 2 is 1.87 bits per heavy atom. The van der Waals surface area contributed by atoms with Crippen molar-refractivity contribution in [1.82, 2.24) is 4.98 Å². The number of rotatable bonds is 3. The number of halogens is 2. The number of hydrogen-bond donors (Lipinski definition) is 1. The Kier molecular flexibility index (Phi) is 4.74. The first kappa shape index (κ1) is 20.1. The molecule has 0 bridgehead atoms. The third kappa shape index (κ3) is 2.51. The van der Waals surface area contributed by atoms with Gasteiger partial charge in [0, 0.05) is 16.7 Å². The first-order valence-corrected chi connectivity index (χ1v) is 11.8. The number of aromatic nitrogens is 1. The molecule has 1 saturated carbocycles. The molecule has 7 heteroatoms. The fourth-order valence-corrected chi connectivity index (χ4v) is 6.23. The fraction of sp³-hybridized carbons (Fsp3) is 0.217. The molecule has 4 atom stereocenters. The number of fused-ring (bicyclic) bond motifs is 3. The van der Waals surface area contributed by atoms with Crippen molar-refractivity contribution in [2.45, 2.75) is 22.4 Å². The summed E-state index contributed by atoms with van der Waals surface area (Å²) in [6.07, 6.45) is 3.32. The Balaban J connectivity index is 1.86. The molecular formula is C23H17BrClNO3S. The van der Waals surface area contributed by atoms with Crippen molar-refractivity contribution in [1.29, 1.82) is 0 Å². The third-order valence-corrected chi connectivity index (χ3v) is 7.74. The number of hydrogen-bond acceptors (Lipinski definition) is 5. The van der Waals surface area contributed by atoms with Crippen LogP contribution >= 0.6 is 39.3 Å². The summed E-state index contributed by atoms with van der Waals surface area (Å²) in [6, 6.07) is 18.9. The van der Waals surface area contributed by atoms with Crippen molar-refractivity contribution in [2.24, 2.45) is 0 Å². The van der Waals surface area contributed by atoms with Crippen molar-refractivity contribution in [3.05, 3.63) is 93.2 Å². The number of pyridine rings is 1. The molecule has 1 aromatic heterocycles. The summed E-state index contributed by atoms with van der Waals surface area (Å²) in [5, 5.41) is 12.0. The van der Waals surface area contributed by atoms with Crippen LogP contribution in [0.15, 0.2) is 71.3 Å². The van der Waals surface area contributed by atoms with E-state index in [0.717, 1.165) is 10.0 Å². The molecule has 1 aliphatic carbocycles. The number of Topliss-reactive ketones (excluding diaryl/α,β-unsaturated/α-hetero) is 1. The summed E-state index contributed by atoms with van der Waals surface area (Å²) in [7, 11) is 0. The molecule has 2 aromatic carbocycles. The van der Waals surface area contributed by atoms with Gasteiger partial charge >= 0.3 is 0 Å². The van der Waals surface area contributed by atoms with Crippen molar-refractivity contribution >= 4 is 45.1 Å². The van der Waals surface area contributed by atoms with Crippen LogP contribution in [-0.4, -0.2) is 27.4 Å². The molecule has 152 valence electrons. The molecule has 0 amide bonds. The lowest BCUT2D eigenvalue weighted by molar-refractivity contribution is -0.151. The molecule has 1 N–H and O–H groups in total. The topological polar surface area (TPSA) is 59.4 Å². The highest BCUT2D eigenvalue weighted by molar-refractivity contribution is 9.10. The molecule has 1 fully saturated rings. The summed E-state index contributed by atoms with van der Waals surface area (Å²) < 4.78 is 7.44. The monoisotopic (exact) mass is 501 g/mol. The lowest BCUT2D eigenvalue weighted by atomic mass is 9.72. The van der Waals surface area contributed by atoms with Gasteiger partial charge in [0.15, 0.2) is 11.4 Å². The summed E-state index contributed by atoms with van der Waals surface area (Å²) >= 11 is 11.1. The molecule has 2 heterocycles. The number of ketones is 1. The van der Waals surface area contributed by atoms with Crippen LogP contribution in [0.3, 0.4) is 0 Å². The quantitative estimate of drug-likeness (QED) is 0.542. The summed E-state index contributed by atoms with van der Waals surface area (Å²) in [5.41, 5.74) is -1.45. The molecule has 5 rings (SSSR count). The van der Waals surface area contributed by atoms with Crippen molar-refractivity contribution in [2.75, 3.05) is 6.26 Å². The number of carbonyl (C=O) groups excluding carboxylic acids is 1. The van der Waals surface area contributed by atoms with Crippen LogP contribution in [0.25, 0.3) is 0 Å². The van der Waals surface area contributed by atoms with E-state index in [-0.39, 0.29) is 11.5 Å². The maximum atomic E-state index is 13.8. The van der Waals surface area contributed by atoms with Crippen LogP contribution in [-0.2, 0) is 16.0 Å². The lowest BCUT2D eigenvalue weighted by Gasteiger charge is -2.39. The van der Waals surface area contributed by atoms with Gasteiger partial charge in [-0.05, 0) is 29.5 Å². The van der Waals surface area contributed by atoms with Crippen molar-refractivity contribution < 1.29 is 14.6 Å². The van der Waals surface area contributed by atoms with Crippen molar-refractivity contribution in [3.8, 4) is 5.75 Å². The molecule has 2 aliphatic rings. The average molecular weight is 503 g/mol. The summed E-state index contributed by atoms with van der Waals surface area (Å²) in [5.74, 6) is -0.401. The second kappa shape index (κ2) is 7.09. The molecular weight excluding hydrogens is 486 g/mol. The van der Waals surface area contributed by atoms with Crippen LogP contribution in [0.5, 0.6) is 5.75 Å². The van der Waals surface area contributed by atoms with Gasteiger partial charge in [-0.25, -0.2) is 0 Å². The molecule has 4 nitrogen and oxygen atoms in total. The molecule has 4 unspecified atom stereocenters. The first-order chi connectivity index (χ1) is 14.4. The third-order valence-electron chi connectivity index (χ3n) is 6.01. The number of carbonyl (C=O) groups is 1. The van der Waals surface area contributed by atoms with Gasteiger partial charge in [-0.15, -0.1) is 0 Å². The van der Waals surface area contributed by atoms with Crippen LogP contribution < -0.4 is 4.74 Å². The standard InChI is InChI=1S/C23H17BrClNO3S/c1-30-19-18(13-5-3-2-4-6-13)23(14-7-9-15(24)10-8-14)22(28,21(19)27)20-17(29-23)11-16(25)12-26-20/h2-12,18-19,28H,1H3. The number of ether oxygens (including phenoxy) is 1. The van der Waals surface area contributed by atoms with E-state index in [1.165, 1.54) is 18.0 Å². The lowest BCUT2D eigenvalue weighted by Crippen LogP contribution is -2.51. The molecule has 1 aliphatic heterocycles. The van der Waals surface area contributed by atoms with Gasteiger partial charge in [-0.3, -0.25) is 9.78 Å². The Morgan fingerprint density at radius 3 is 2.53 bits per heavy atom. The van der Waals surface area contributed by atoms with Crippen LogP contribution in [0.2, 0.25) is 5.02 Å². The van der Waals surface area contributed by atoms with Gasteiger partial charge in [0.2, 0.25) is 5.60 Å². The maximum Gasteiger partial charge on any atom is 0.214 e. The minimum absolute atomic E-state index is 0.220. The highest BCUT2D eigenvalue weighted by Gasteiger charge is 2.77. The van der Waals surface area contributed by atoms with E-state index >= 15 is 0 Å². The van der Waals surface area contributed by atoms with Crippen LogP contribution in [0, 0.1) is 0 Å². The van der Waals surface area contributed by atoms with Gasteiger partial charge in [0.1, 0.15) is 11.4 Å². The Labute approximate surface area is 191 Å². The van der Waals surface area contributed by atoms with Crippen LogP contribution in [0.1, 0.15) is 22.7 Å². The van der Waals surface area contributed by atoms with Gasteiger partial charge < -0.3 is 9.84 Å². The second-order valence-electron chi connectivity index (χ2n) is 7.46. The molecule has 0 radical (unpaired) electrons. The van der Waals surface area contributed by atoms with Gasteiger partial charge in [0.25, 0.3) is 0 Å². The predicted octanol–water partition coefficient (Wildman–Crippen LogP) is 5.07. The number of benzene rings is 2. The molecule has 0 spiro atoms. The molecule has 3 aromatic rings. The van der Waals surface area contributed by atoms with E-state index < -0.39 is 22.4 Å². The molecule has 30 heavy (non-hydrogen) atoms. The first-order valence-electron chi connectivity index (χ1n) is 9.39. The Morgan fingerprint density at radius 1 is 1.17 bits per heavy atom. The highest BCUT2D eigenvalue weighted by Crippen LogP contribution is 2.66. The minimum Gasteiger partial charge on any atom is -0.476 e. The largest absolute Gasteiger partial charge is 0.476 e. The summed E-state index contributed by atoms with van der Waals surface area (Å²) in [4.78, 5) is 18.1.